The Bertz CT molecular complexity index is 974. The lowest BCUT2D eigenvalue weighted by Crippen LogP contribution is -2.11. The Morgan fingerprint density at radius 1 is 1.03 bits per heavy atom. The highest BCUT2D eigenvalue weighted by molar-refractivity contribution is 7.13. The Balaban J connectivity index is 1.44. The summed E-state index contributed by atoms with van der Waals surface area (Å²) in [5.41, 5.74) is 1.53. The number of thiazole rings is 1. The number of hydrogen-bond donors (Lipinski definition) is 0. The first kappa shape index (κ1) is 21.6. The first-order valence-corrected chi connectivity index (χ1v) is 10.2. The van der Waals surface area contributed by atoms with E-state index in [1.54, 1.807) is 26.4 Å². The first-order valence-electron chi connectivity index (χ1n) is 9.30. The van der Waals surface area contributed by atoms with Crippen LogP contribution in [-0.4, -0.2) is 38.4 Å². The van der Waals surface area contributed by atoms with E-state index in [0.717, 1.165) is 10.6 Å². The van der Waals surface area contributed by atoms with E-state index < -0.39 is 0 Å². The standard InChI is InChI=1S/C22H22FNO5S/c1-26-19-9-4-15(12-20(19)27-2)22-24-17(14-30-22)13-21(25)29-11-3-10-28-18-7-5-16(23)6-8-18/h4-9,12,14H,3,10-11,13H2,1-2H3. The Kier molecular flexibility index (Phi) is 7.62. The summed E-state index contributed by atoms with van der Waals surface area (Å²) in [6.07, 6.45) is 0.639. The SMILES string of the molecule is COc1ccc(-c2nc(CC(=O)OCCCOc3ccc(F)cc3)cs2)cc1OC. The van der Waals surface area contributed by atoms with E-state index in [2.05, 4.69) is 4.98 Å². The van der Waals surface area contributed by atoms with E-state index >= 15 is 0 Å². The van der Waals surface area contributed by atoms with Gasteiger partial charge in [0.25, 0.3) is 0 Å². The number of nitrogens with zero attached hydrogens (tertiary/aromatic N) is 1. The van der Waals surface area contributed by atoms with Crippen molar-refractivity contribution in [3.63, 3.8) is 0 Å². The lowest BCUT2D eigenvalue weighted by Gasteiger charge is -2.08. The average Bonchev–Trinajstić information content (AvgIpc) is 3.22. The third-order valence-corrected chi connectivity index (χ3v) is 5.08. The maximum absolute atomic E-state index is 12.8. The van der Waals surface area contributed by atoms with Crippen LogP contribution >= 0.6 is 11.3 Å². The molecular formula is C22H22FNO5S. The Morgan fingerprint density at radius 3 is 2.53 bits per heavy atom. The van der Waals surface area contributed by atoms with Crippen LogP contribution in [0.2, 0.25) is 0 Å². The maximum atomic E-state index is 12.8. The van der Waals surface area contributed by atoms with E-state index in [1.807, 2.05) is 23.6 Å². The molecule has 0 aliphatic carbocycles. The van der Waals surface area contributed by atoms with Crippen molar-refractivity contribution in [1.82, 2.24) is 4.98 Å². The zero-order chi connectivity index (χ0) is 21.3. The monoisotopic (exact) mass is 431 g/mol. The second kappa shape index (κ2) is 10.6. The zero-order valence-electron chi connectivity index (χ0n) is 16.7. The molecule has 3 rings (SSSR count). The van der Waals surface area contributed by atoms with Crippen molar-refractivity contribution >= 4 is 17.3 Å². The highest BCUT2D eigenvalue weighted by atomic mass is 32.1. The van der Waals surface area contributed by atoms with Crippen molar-refractivity contribution in [2.45, 2.75) is 12.8 Å². The fraction of sp³-hybridized carbons (Fsp3) is 0.273. The molecular weight excluding hydrogens is 409 g/mol. The van der Waals surface area contributed by atoms with E-state index in [-0.39, 0.29) is 24.8 Å². The third kappa shape index (κ3) is 5.93. The summed E-state index contributed by atoms with van der Waals surface area (Å²) < 4.78 is 34.1. The van der Waals surface area contributed by atoms with Gasteiger partial charge in [0.05, 0.1) is 39.5 Å². The Hall–Kier alpha value is -3.13. The molecule has 0 spiro atoms. The lowest BCUT2D eigenvalue weighted by molar-refractivity contribution is -0.143. The van der Waals surface area contributed by atoms with Crippen LogP contribution in [0, 0.1) is 5.82 Å². The predicted octanol–water partition coefficient (Wildman–Crippen LogP) is 4.52. The second-order valence-electron chi connectivity index (χ2n) is 6.27. The van der Waals surface area contributed by atoms with E-state index in [9.17, 15) is 9.18 Å². The number of carbonyl (C=O) groups excluding carboxylic acids is 1. The molecule has 30 heavy (non-hydrogen) atoms. The molecule has 158 valence electrons. The molecule has 0 saturated heterocycles. The molecule has 3 aromatic rings. The molecule has 0 fully saturated rings. The molecule has 0 aliphatic heterocycles. The number of rotatable bonds is 10. The van der Waals surface area contributed by atoms with Crippen LogP contribution in [0.25, 0.3) is 10.6 Å². The van der Waals surface area contributed by atoms with Crippen molar-refractivity contribution in [2.75, 3.05) is 27.4 Å². The van der Waals surface area contributed by atoms with Gasteiger partial charge in [-0.3, -0.25) is 4.79 Å². The van der Waals surface area contributed by atoms with Gasteiger partial charge in [0.1, 0.15) is 16.6 Å². The number of benzene rings is 2. The summed E-state index contributed by atoms with van der Waals surface area (Å²) in [5, 5.41) is 2.62. The van der Waals surface area contributed by atoms with Gasteiger partial charge in [-0.05, 0) is 42.5 Å². The normalized spacial score (nSPS) is 10.5. The summed E-state index contributed by atoms with van der Waals surface area (Å²) in [6.45, 7) is 0.617. The highest BCUT2D eigenvalue weighted by Gasteiger charge is 2.12. The van der Waals surface area contributed by atoms with Gasteiger partial charge in [-0.2, -0.15) is 0 Å². The van der Waals surface area contributed by atoms with Gasteiger partial charge in [-0.25, -0.2) is 9.37 Å². The van der Waals surface area contributed by atoms with Crippen molar-refractivity contribution in [3.8, 4) is 27.8 Å². The van der Waals surface area contributed by atoms with Crippen LogP contribution in [0.1, 0.15) is 12.1 Å². The second-order valence-corrected chi connectivity index (χ2v) is 7.13. The fourth-order valence-electron chi connectivity index (χ4n) is 2.65. The molecule has 0 aliphatic rings. The molecule has 0 radical (unpaired) electrons. The fourth-order valence-corrected chi connectivity index (χ4v) is 3.47. The molecule has 2 aromatic carbocycles. The average molecular weight is 431 g/mol. The molecule has 6 nitrogen and oxygen atoms in total. The minimum atomic E-state index is -0.346. The minimum absolute atomic E-state index is 0.0998. The molecule has 0 saturated carbocycles. The molecule has 8 heteroatoms. The minimum Gasteiger partial charge on any atom is -0.493 e. The van der Waals surface area contributed by atoms with Gasteiger partial charge in [-0.15, -0.1) is 11.3 Å². The van der Waals surface area contributed by atoms with Gasteiger partial charge in [-0.1, -0.05) is 0 Å². The van der Waals surface area contributed by atoms with Crippen molar-refractivity contribution in [1.29, 1.82) is 0 Å². The van der Waals surface area contributed by atoms with Crippen molar-refractivity contribution in [3.05, 3.63) is 59.4 Å². The molecule has 1 aromatic heterocycles. The summed E-state index contributed by atoms with van der Waals surface area (Å²) in [7, 11) is 3.16. The number of methoxy groups -OCH3 is 2. The predicted molar refractivity (Wildman–Crippen MR) is 112 cm³/mol. The van der Waals surface area contributed by atoms with Crippen LogP contribution in [0.3, 0.4) is 0 Å². The highest BCUT2D eigenvalue weighted by Crippen LogP contribution is 2.33. The van der Waals surface area contributed by atoms with E-state index in [0.29, 0.717) is 36.0 Å². The van der Waals surface area contributed by atoms with E-state index in [4.69, 9.17) is 18.9 Å². The number of ether oxygens (including phenoxy) is 4. The van der Waals surface area contributed by atoms with Crippen LogP contribution in [0.4, 0.5) is 4.39 Å². The molecule has 0 N–H and O–H groups in total. The summed E-state index contributed by atoms with van der Waals surface area (Å²) in [4.78, 5) is 16.5. The third-order valence-electron chi connectivity index (χ3n) is 4.14. The molecule has 0 bridgehead atoms. The summed E-state index contributed by atoms with van der Waals surface area (Å²) >= 11 is 1.45. The molecule has 1 heterocycles. The molecule has 0 amide bonds. The topological polar surface area (TPSA) is 66.9 Å². The lowest BCUT2D eigenvalue weighted by atomic mass is 10.2. The number of halogens is 1. The number of carbonyl (C=O) groups is 1. The summed E-state index contributed by atoms with van der Waals surface area (Å²) in [5.74, 6) is 1.18. The van der Waals surface area contributed by atoms with Gasteiger partial charge in [0.2, 0.25) is 0 Å². The zero-order valence-corrected chi connectivity index (χ0v) is 17.5. The maximum Gasteiger partial charge on any atom is 0.311 e. The van der Waals surface area contributed by atoms with Gasteiger partial charge in [0.15, 0.2) is 11.5 Å². The van der Waals surface area contributed by atoms with Crippen LogP contribution in [0.5, 0.6) is 17.2 Å². The summed E-state index contributed by atoms with van der Waals surface area (Å²) in [6, 6.07) is 11.3. The van der Waals surface area contributed by atoms with Crippen molar-refractivity contribution < 1.29 is 28.1 Å². The van der Waals surface area contributed by atoms with Crippen LogP contribution in [-0.2, 0) is 16.0 Å². The van der Waals surface area contributed by atoms with Gasteiger partial charge < -0.3 is 18.9 Å². The van der Waals surface area contributed by atoms with Gasteiger partial charge >= 0.3 is 5.97 Å². The quantitative estimate of drug-likeness (QED) is 0.347. The van der Waals surface area contributed by atoms with Crippen LogP contribution in [0.15, 0.2) is 47.8 Å². The first-order chi connectivity index (χ1) is 14.6. The smallest absolute Gasteiger partial charge is 0.311 e. The number of aromatic nitrogens is 1. The Labute approximate surface area is 178 Å². The van der Waals surface area contributed by atoms with Gasteiger partial charge in [0, 0.05) is 17.4 Å². The largest absolute Gasteiger partial charge is 0.493 e. The van der Waals surface area contributed by atoms with Crippen LogP contribution < -0.4 is 14.2 Å². The van der Waals surface area contributed by atoms with E-state index in [1.165, 1.54) is 23.5 Å². The van der Waals surface area contributed by atoms with Crippen molar-refractivity contribution in [2.24, 2.45) is 0 Å². The number of esters is 1. The Morgan fingerprint density at radius 2 is 1.80 bits per heavy atom. The molecule has 0 atom stereocenters. The number of hydrogen-bond acceptors (Lipinski definition) is 7. The molecule has 0 unspecified atom stereocenters.